The third-order valence-corrected chi connectivity index (χ3v) is 5.83. The molecule has 2 aliphatic rings. The molecule has 1 aromatic heterocycles. The van der Waals surface area contributed by atoms with Crippen molar-refractivity contribution in [2.45, 2.75) is 18.9 Å². The summed E-state index contributed by atoms with van der Waals surface area (Å²) in [5, 5.41) is 0. The lowest BCUT2D eigenvalue weighted by molar-refractivity contribution is 0.1000. The van der Waals surface area contributed by atoms with E-state index in [-0.39, 0.29) is 0 Å². The minimum absolute atomic E-state index is 0.379. The first kappa shape index (κ1) is 16.4. The van der Waals surface area contributed by atoms with E-state index in [1.54, 1.807) is 12.1 Å². The van der Waals surface area contributed by atoms with E-state index in [4.69, 9.17) is 10.5 Å². The molecule has 1 aliphatic carbocycles. The van der Waals surface area contributed by atoms with Gasteiger partial charge in [-0.3, -0.25) is 9.69 Å². The number of nitrogens with zero attached hydrogens (tertiary/aromatic N) is 2. The van der Waals surface area contributed by atoms with Gasteiger partial charge in [0.2, 0.25) is 11.8 Å². The molecule has 2 aromatic rings. The van der Waals surface area contributed by atoms with Crippen LogP contribution in [-0.4, -0.2) is 40.4 Å². The maximum Gasteiger partial charge on any atom is 0.250 e. The van der Waals surface area contributed by atoms with Crippen molar-refractivity contribution < 1.29 is 9.53 Å². The maximum atomic E-state index is 11.1. The summed E-state index contributed by atoms with van der Waals surface area (Å²) < 4.78 is 5.84. The number of hydrogen-bond acceptors (Lipinski definition) is 5. The highest BCUT2D eigenvalue weighted by molar-refractivity contribution is 7.99. The van der Waals surface area contributed by atoms with Gasteiger partial charge in [-0.15, -0.1) is 0 Å². The Morgan fingerprint density at radius 3 is 2.80 bits per heavy atom. The van der Waals surface area contributed by atoms with Crippen molar-refractivity contribution >= 4 is 17.7 Å². The van der Waals surface area contributed by atoms with Crippen molar-refractivity contribution in [3.8, 4) is 11.6 Å². The van der Waals surface area contributed by atoms with Crippen LogP contribution in [0.3, 0.4) is 0 Å². The van der Waals surface area contributed by atoms with Gasteiger partial charge in [-0.2, -0.15) is 11.8 Å². The summed E-state index contributed by atoms with van der Waals surface area (Å²) in [7, 11) is 0. The Kier molecular flexibility index (Phi) is 4.63. The SMILES string of the molecule is NC(=O)c1ccc(Oc2ccc3c(c2)CCC3N2CCSCC2)nc1. The van der Waals surface area contributed by atoms with Crippen molar-refractivity contribution in [3.63, 3.8) is 0 Å². The number of rotatable bonds is 4. The molecule has 1 amide bonds. The average Bonchev–Trinajstić information content (AvgIpc) is 3.06. The van der Waals surface area contributed by atoms with Crippen LogP contribution in [-0.2, 0) is 6.42 Å². The number of aryl methyl sites for hydroxylation is 1. The minimum atomic E-state index is -0.487. The fourth-order valence-electron chi connectivity index (χ4n) is 3.61. The van der Waals surface area contributed by atoms with Crippen molar-refractivity contribution in [2.75, 3.05) is 24.6 Å². The van der Waals surface area contributed by atoms with Crippen molar-refractivity contribution in [3.05, 3.63) is 53.2 Å². The molecule has 4 rings (SSSR count). The smallest absolute Gasteiger partial charge is 0.250 e. The largest absolute Gasteiger partial charge is 0.439 e. The van der Waals surface area contributed by atoms with Gasteiger partial charge < -0.3 is 10.5 Å². The summed E-state index contributed by atoms with van der Waals surface area (Å²) in [4.78, 5) is 17.9. The average molecular weight is 355 g/mol. The van der Waals surface area contributed by atoms with Crippen molar-refractivity contribution in [1.29, 1.82) is 0 Å². The number of nitrogens with two attached hydrogens (primary N) is 1. The van der Waals surface area contributed by atoms with Crippen molar-refractivity contribution in [2.24, 2.45) is 5.73 Å². The van der Waals surface area contributed by atoms with E-state index in [1.807, 2.05) is 17.8 Å². The van der Waals surface area contributed by atoms with Crippen LogP contribution in [0.25, 0.3) is 0 Å². The number of aromatic nitrogens is 1. The molecule has 0 spiro atoms. The first-order chi connectivity index (χ1) is 12.2. The third-order valence-electron chi connectivity index (χ3n) is 4.89. The molecular formula is C19H21N3O2S. The molecule has 130 valence electrons. The second-order valence-electron chi connectivity index (χ2n) is 6.41. The lowest BCUT2D eigenvalue weighted by atomic mass is 10.1. The predicted molar refractivity (Wildman–Crippen MR) is 99.2 cm³/mol. The molecule has 1 unspecified atom stereocenters. The van der Waals surface area contributed by atoms with E-state index in [1.165, 1.54) is 48.3 Å². The molecule has 0 radical (unpaired) electrons. The molecule has 5 nitrogen and oxygen atoms in total. The fourth-order valence-corrected chi connectivity index (χ4v) is 4.54. The number of primary amides is 1. The summed E-state index contributed by atoms with van der Waals surface area (Å²) in [6, 6.07) is 10.2. The first-order valence-corrected chi connectivity index (χ1v) is 9.74. The van der Waals surface area contributed by atoms with E-state index in [2.05, 4.69) is 22.0 Å². The highest BCUT2D eigenvalue weighted by atomic mass is 32.2. The lowest BCUT2D eigenvalue weighted by Crippen LogP contribution is -2.35. The molecule has 0 saturated carbocycles. The number of benzene rings is 1. The van der Waals surface area contributed by atoms with Crippen LogP contribution in [0.4, 0.5) is 0 Å². The van der Waals surface area contributed by atoms with E-state index >= 15 is 0 Å². The quantitative estimate of drug-likeness (QED) is 0.913. The van der Waals surface area contributed by atoms with Crippen LogP contribution in [0.1, 0.15) is 33.9 Å². The molecule has 2 N–H and O–H groups in total. The van der Waals surface area contributed by atoms with Crippen LogP contribution in [0.5, 0.6) is 11.6 Å². The molecule has 1 fully saturated rings. The van der Waals surface area contributed by atoms with Crippen LogP contribution in [0.15, 0.2) is 36.5 Å². The van der Waals surface area contributed by atoms with Gasteiger partial charge in [-0.05, 0) is 42.2 Å². The number of pyridine rings is 1. The third kappa shape index (κ3) is 3.50. The molecule has 6 heteroatoms. The highest BCUT2D eigenvalue weighted by Gasteiger charge is 2.29. The van der Waals surface area contributed by atoms with E-state index in [0.717, 1.165) is 12.2 Å². The second kappa shape index (κ2) is 7.06. The molecule has 2 heterocycles. The molecule has 25 heavy (non-hydrogen) atoms. The van der Waals surface area contributed by atoms with E-state index < -0.39 is 5.91 Å². The Hall–Kier alpha value is -2.05. The zero-order chi connectivity index (χ0) is 17.2. The lowest BCUT2D eigenvalue weighted by Gasteiger charge is -2.32. The Balaban J connectivity index is 1.49. The Morgan fingerprint density at radius 1 is 1.24 bits per heavy atom. The predicted octanol–water partition coefficient (Wildman–Crippen LogP) is 3.01. The van der Waals surface area contributed by atoms with Crippen LogP contribution >= 0.6 is 11.8 Å². The van der Waals surface area contributed by atoms with Crippen LogP contribution in [0, 0.1) is 0 Å². The number of carbonyl (C=O) groups is 1. The first-order valence-electron chi connectivity index (χ1n) is 8.59. The summed E-state index contributed by atoms with van der Waals surface area (Å²) in [6.45, 7) is 2.37. The van der Waals surface area contributed by atoms with Crippen LogP contribution < -0.4 is 10.5 Å². The summed E-state index contributed by atoms with van der Waals surface area (Å²) in [6.07, 6.45) is 3.72. The van der Waals surface area contributed by atoms with Gasteiger partial charge in [0.05, 0.1) is 5.56 Å². The van der Waals surface area contributed by atoms with Crippen LogP contribution in [0.2, 0.25) is 0 Å². The molecule has 1 aromatic carbocycles. The molecule has 0 bridgehead atoms. The minimum Gasteiger partial charge on any atom is -0.439 e. The van der Waals surface area contributed by atoms with Gasteiger partial charge in [0.25, 0.3) is 0 Å². The summed E-state index contributed by atoms with van der Waals surface area (Å²) in [5.74, 6) is 3.24. The maximum absolute atomic E-state index is 11.1. The Bertz CT molecular complexity index is 773. The Labute approximate surface area is 151 Å². The van der Waals surface area contributed by atoms with Gasteiger partial charge in [0.15, 0.2) is 0 Å². The summed E-state index contributed by atoms with van der Waals surface area (Å²) >= 11 is 2.05. The molecule has 1 saturated heterocycles. The van der Waals surface area contributed by atoms with E-state index in [9.17, 15) is 4.79 Å². The molecule has 1 aliphatic heterocycles. The number of thioether (sulfide) groups is 1. The number of fused-ring (bicyclic) bond motifs is 1. The van der Waals surface area contributed by atoms with E-state index in [0.29, 0.717) is 17.5 Å². The monoisotopic (exact) mass is 355 g/mol. The molecular weight excluding hydrogens is 334 g/mol. The molecule has 1 atom stereocenters. The topological polar surface area (TPSA) is 68.5 Å². The van der Waals surface area contributed by atoms with Gasteiger partial charge >= 0.3 is 0 Å². The van der Waals surface area contributed by atoms with Gasteiger partial charge in [-0.25, -0.2) is 4.98 Å². The second-order valence-corrected chi connectivity index (χ2v) is 7.64. The van der Waals surface area contributed by atoms with Gasteiger partial charge in [0.1, 0.15) is 5.75 Å². The number of carbonyl (C=O) groups excluding carboxylic acids is 1. The standard InChI is InChI=1S/C19H21N3O2S/c20-19(23)14-2-6-18(21-12-14)24-15-3-4-16-13(11-15)1-5-17(16)22-7-9-25-10-8-22/h2-4,6,11-12,17H,1,5,7-10H2,(H2,20,23). The number of hydrogen-bond donors (Lipinski definition) is 1. The normalized spacial score (nSPS) is 20.2. The highest BCUT2D eigenvalue weighted by Crippen LogP contribution is 2.38. The Morgan fingerprint density at radius 2 is 2.08 bits per heavy atom. The van der Waals surface area contributed by atoms with Gasteiger partial charge in [-0.1, -0.05) is 6.07 Å². The zero-order valence-electron chi connectivity index (χ0n) is 14.0. The van der Waals surface area contributed by atoms with Crippen molar-refractivity contribution in [1.82, 2.24) is 9.88 Å². The zero-order valence-corrected chi connectivity index (χ0v) is 14.8. The number of amides is 1. The summed E-state index contributed by atoms with van der Waals surface area (Å²) in [5.41, 5.74) is 8.42. The number of ether oxygens (including phenoxy) is 1. The fraction of sp³-hybridized carbons (Fsp3) is 0.368. The van der Waals surface area contributed by atoms with Gasteiger partial charge in [0, 0.05) is 42.9 Å².